The topological polar surface area (TPSA) is 35.6 Å². The van der Waals surface area contributed by atoms with Crippen molar-refractivity contribution >= 4 is 6.03 Å². The fraction of sp³-hybridized carbons (Fsp3) is 0.923. The molecule has 2 aliphatic rings. The Morgan fingerprint density at radius 2 is 2.06 bits per heavy atom. The van der Waals surface area contributed by atoms with Gasteiger partial charge in [0.05, 0.1) is 5.54 Å². The van der Waals surface area contributed by atoms with Gasteiger partial charge in [0.2, 0.25) is 0 Å². The van der Waals surface area contributed by atoms with Gasteiger partial charge in [0.15, 0.2) is 0 Å². The average Bonchev–Trinajstić information content (AvgIpc) is 2.38. The van der Waals surface area contributed by atoms with Gasteiger partial charge >= 0.3 is 6.03 Å². The van der Waals surface area contributed by atoms with Gasteiger partial charge in [-0.15, -0.1) is 0 Å². The zero-order valence-corrected chi connectivity index (χ0v) is 11.2. The minimum atomic E-state index is 0.108. The van der Waals surface area contributed by atoms with Gasteiger partial charge in [0.25, 0.3) is 0 Å². The largest absolute Gasteiger partial charge is 0.328 e. The number of hydrogen-bond acceptors (Lipinski definition) is 2. The van der Waals surface area contributed by atoms with E-state index in [0.717, 1.165) is 26.2 Å². The third-order valence-electron chi connectivity index (χ3n) is 4.35. The lowest BCUT2D eigenvalue weighted by Gasteiger charge is -2.50. The van der Waals surface area contributed by atoms with E-state index < -0.39 is 0 Å². The second kappa shape index (κ2) is 5.25. The van der Waals surface area contributed by atoms with Crippen molar-refractivity contribution in [1.29, 1.82) is 0 Å². The molecule has 1 spiro atoms. The van der Waals surface area contributed by atoms with Gasteiger partial charge in [-0.25, -0.2) is 4.79 Å². The van der Waals surface area contributed by atoms with Crippen molar-refractivity contribution in [3.63, 3.8) is 0 Å². The van der Waals surface area contributed by atoms with Gasteiger partial charge in [-0.1, -0.05) is 19.3 Å². The molecule has 1 aliphatic carbocycles. The van der Waals surface area contributed by atoms with Crippen molar-refractivity contribution < 1.29 is 4.79 Å². The molecule has 1 saturated heterocycles. The molecule has 2 fully saturated rings. The van der Waals surface area contributed by atoms with E-state index in [2.05, 4.69) is 10.2 Å². The lowest BCUT2D eigenvalue weighted by molar-refractivity contribution is 0.0432. The van der Waals surface area contributed by atoms with Crippen molar-refractivity contribution in [1.82, 2.24) is 15.1 Å². The van der Waals surface area contributed by atoms with Crippen molar-refractivity contribution in [2.24, 2.45) is 0 Å². The molecule has 4 nitrogen and oxygen atoms in total. The van der Waals surface area contributed by atoms with Crippen LogP contribution in [0.1, 0.15) is 39.0 Å². The molecule has 2 amide bonds. The number of urea groups is 1. The van der Waals surface area contributed by atoms with Crippen LogP contribution >= 0.6 is 0 Å². The maximum atomic E-state index is 12.4. The molecule has 17 heavy (non-hydrogen) atoms. The Kier molecular flexibility index (Phi) is 3.92. The Morgan fingerprint density at radius 1 is 1.35 bits per heavy atom. The molecular formula is C13H25N3O. The highest BCUT2D eigenvalue weighted by molar-refractivity contribution is 5.75. The van der Waals surface area contributed by atoms with Gasteiger partial charge in [-0.2, -0.15) is 0 Å². The van der Waals surface area contributed by atoms with Crippen LogP contribution < -0.4 is 5.32 Å². The number of nitrogens with zero attached hydrogens (tertiary/aromatic N) is 2. The number of rotatable bonds is 1. The van der Waals surface area contributed by atoms with Crippen molar-refractivity contribution in [2.75, 3.05) is 33.2 Å². The van der Waals surface area contributed by atoms with Crippen molar-refractivity contribution in [3.05, 3.63) is 0 Å². The number of carbonyl (C=O) groups excluding carboxylic acids is 1. The van der Waals surface area contributed by atoms with Gasteiger partial charge < -0.3 is 15.1 Å². The molecule has 0 aromatic rings. The molecule has 0 aromatic heterocycles. The monoisotopic (exact) mass is 239 g/mol. The van der Waals surface area contributed by atoms with Gasteiger partial charge in [-0.3, -0.25) is 0 Å². The Bertz CT molecular complexity index is 266. The van der Waals surface area contributed by atoms with Crippen LogP contribution in [0.5, 0.6) is 0 Å². The van der Waals surface area contributed by atoms with E-state index in [0.29, 0.717) is 0 Å². The van der Waals surface area contributed by atoms with Crippen LogP contribution in [-0.4, -0.2) is 54.6 Å². The summed E-state index contributed by atoms with van der Waals surface area (Å²) in [6.45, 7) is 5.61. The van der Waals surface area contributed by atoms with Crippen LogP contribution in [0.25, 0.3) is 0 Å². The third kappa shape index (κ3) is 2.41. The number of nitrogens with one attached hydrogen (secondary N) is 1. The van der Waals surface area contributed by atoms with Gasteiger partial charge in [0, 0.05) is 33.2 Å². The third-order valence-corrected chi connectivity index (χ3v) is 4.35. The minimum Gasteiger partial charge on any atom is -0.328 e. The number of hydrogen-bond donors (Lipinski definition) is 1. The maximum Gasteiger partial charge on any atom is 0.320 e. The molecule has 0 radical (unpaired) electrons. The zero-order chi connectivity index (χ0) is 12.3. The summed E-state index contributed by atoms with van der Waals surface area (Å²) in [5.41, 5.74) is 0.108. The molecule has 1 N–H and O–H groups in total. The van der Waals surface area contributed by atoms with Crippen molar-refractivity contribution in [3.8, 4) is 0 Å². The molecule has 0 atom stereocenters. The van der Waals surface area contributed by atoms with E-state index in [9.17, 15) is 4.79 Å². The van der Waals surface area contributed by atoms with E-state index in [-0.39, 0.29) is 11.6 Å². The first-order valence-corrected chi connectivity index (χ1v) is 6.93. The summed E-state index contributed by atoms with van der Waals surface area (Å²) in [7, 11) is 1.90. The predicted molar refractivity (Wildman–Crippen MR) is 69.1 cm³/mol. The summed E-state index contributed by atoms with van der Waals surface area (Å²) in [6, 6.07) is 0.218. The normalized spacial score (nSPS) is 23.8. The van der Waals surface area contributed by atoms with Crippen LogP contribution in [0, 0.1) is 0 Å². The second-order valence-electron chi connectivity index (χ2n) is 5.41. The molecule has 98 valence electrons. The highest BCUT2D eigenvalue weighted by Crippen LogP contribution is 2.35. The maximum absolute atomic E-state index is 12.4. The molecule has 1 saturated carbocycles. The Balaban J connectivity index is 2.13. The first-order chi connectivity index (χ1) is 8.19. The summed E-state index contributed by atoms with van der Waals surface area (Å²) in [5, 5.41) is 3.47. The van der Waals surface area contributed by atoms with E-state index in [1.54, 1.807) is 0 Å². The SMILES string of the molecule is CCN(C)C(=O)N1CCNCC12CCCCC2. The number of amides is 2. The summed E-state index contributed by atoms with van der Waals surface area (Å²) in [6.07, 6.45) is 6.20. The van der Waals surface area contributed by atoms with E-state index >= 15 is 0 Å². The molecule has 0 aromatic carbocycles. The number of carbonyl (C=O) groups is 1. The van der Waals surface area contributed by atoms with Crippen LogP contribution in [0.4, 0.5) is 4.79 Å². The second-order valence-corrected chi connectivity index (χ2v) is 5.41. The molecular weight excluding hydrogens is 214 g/mol. The summed E-state index contributed by atoms with van der Waals surface area (Å²) in [5.74, 6) is 0. The molecule has 0 unspecified atom stereocenters. The van der Waals surface area contributed by atoms with Crippen LogP contribution in [0.3, 0.4) is 0 Å². The fourth-order valence-corrected chi connectivity index (χ4v) is 3.14. The standard InChI is InChI=1S/C13H25N3O/c1-3-15(2)12(17)16-10-9-14-11-13(16)7-5-4-6-8-13/h14H,3-11H2,1-2H3. The van der Waals surface area contributed by atoms with E-state index in [1.165, 1.54) is 32.1 Å². The van der Waals surface area contributed by atoms with E-state index in [4.69, 9.17) is 0 Å². The highest BCUT2D eigenvalue weighted by Gasteiger charge is 2.42. The summed E-state index contributed by atoms with van der Waals surface area (Å²) >= 11 is 0. The first-order valence-electron chi connectivity index (χ1n) is 6.93. The first kappa shape index (κ1) is 12.7. The highest BCUT2D eigenvalue weighted by atomic mass is 16.2. The minimum absolute atomic E-state index is 0.108. The van der Waals surface area contributed by atoms with Gasteiger partial charge in [0.1, 0.15) is 0 Å². The fourth-order valence-electron chi connectivity index (χ4n) is 3.14. The van der Waals surface area contributed by atoms with Gasteiger partial charge in [-0.05, 0) is 19.8 Å². The summed E-state index contributed by atoms with van der Waals surface area (Å²) < 4.78 is 0. The molecule has 1 heterocycles. The van der Waals surface area contributed by atoms with Crippen LogP contribution in [0.2, 0.25) is 0 Å². The smallest absolute Gasteiger partial charge is 0.320 e. The quantitative estimate of drug-likeness (QED) is 0.755. The molecule has 2 rings (SSSR count). The van der Waals surface area contributed by atoms with Crippen LogP contribution in [0.15, 0.2) is 0 Å². The molecule has 0 bridgehead atoms. The summed E-state index contributed by atoms with van der Waals surface area (Å²) in [4.78, 5) is 16.4. The molecule has 1 aliphatic heterocycles. The lowest BCUT2D eigenvalue weighted by Crippen LogP contribution is -2.65. The van der Waals surface area contributed by atoms with Crippen LogP contribution in [-0.2, 0) is 0 Å². The Labute approximate surface area is 104 Å². The number of piperazine rings is 1. The Hall–Kier alpha value is -0.770. The van der Waals surface area contributed by atoms with Crippen molar-refractivity contribution in [2.45, 2.75) is 44.6 Å². The average molecular weight is 239 g/mol. The predicted octanol–water partition coefficient (Wildman–Crippen LogP) is 1.67. The lowest BCUT2D eigenvalue weighted by atomic mass is 9.79. The van der Waals surface area contributed by atoms with E-state index in [1.807, 2.05) is 18.9 Å². The Morgan fingerprint density at radius 3 is 2.71 bits per heavy atom. The molecule has 4 heteroatoms. The zero-order valence-electron chi connectivity index (χ0n) is 11.2.